The summed E-state index contributed by atoms with van der Waals surface area (Å²) in [5.74, 6) is -1.07. The number of aromatic carboxylic acids is 1. The monoisotopic (exact) mass is 218 g/mol. The Morgan fingerprint density at radius 1 is 1.44 bits per heavy atom. The molecule has 0 amide bonds. The zero-order chi connectivity index (χ0) is 11.7. The molecule has 16 heavy (non-hydrogen) atoms. The van der Waals surface area contributed by atoms with Crippen molar-refractivity contribution in [3.05, 3.63) is 30.0 Å². The summed E-state index contributed by atoms with van der Waals surface area (Å²) in [6.07, 6.45) is 4.58. The van der Waals surface area contributed by atoms with Crippen LogP contribution in [0, 0.1) is 6.92 Å². The van der Waals surface area contributed by atoms with Crippen molar-refractivity contribution in [2.45, 2.75) is 6.92 Å². The number of carbonyl (C=O) groups is 1. The summed E-state index contributed by atoms with van der Waals surface area (Å²) in [6, 6.07) is 0. The average Bonchev–Trinajstić information content (AvgIpc) is 2.57. The maximum atomic E-state index is 11.0. The molecule has 2 aromatic rings. The van der Waals surface area contributed by atoms with Crippen LogP contribution in [0.15, 0.2) is 18.6 Å². The third kappa shape index (κ3) is 1.54. The SMILES string of the molecule is Cc1c(-c2cnccn2)c(C(=O)O)nn1C. The van der Waals surface area contributed by atoms with Crippen LogP contribution < -0.4 is 0 Å². The second-order valence-corrected chi connectivity index (χ2v) is 3.33. The van der Waals surface area contributed by atoms with Gasteiger partial charge in [-0.25, -0.2) is 4.79 Å². The molecule has 0 unspecified atom stereocenters. The van der Waals surface area contributed by atoms with E-state index in [9.17, 15) is 4.79 Å². The van der Waals surface area contributed by atoms with E-state index >= 15 is 0 Å². The van der Waals surface area contributed by atoms with E-state index in [0.29, 0.717) is 11.3 Å². The molecule has 6 nitrogen and oxygen atoms in total. The summed E-state index contributed by atoms with van der Waals surface area (Å²) in [6.45, 7) is 1.80. The highest BCUT2D eigenvalue weighted by Gasteiger charge is 2.20. The van der Waals surface area contributed by atoms with E-state index in [-0.39, 0.29) is 5.69 Å². The highest BCUT2D eigenvalue weighted by Crippen LogP contribution is 2.24. The smallest absolute Gasteiger partial charge is 0.357 e. The maximum Gasteiger partial charge on any atom is 0.357 e. The van der Waals surface area contributed by atoms with E-state index in [4.69, 9.17) is 5.11 Å². The van der Waals surface area contributed by atoms with Gasteiger partial charge in [0, 0.05) is 25.1 Å². The number of hydrogen-bond donors (Lipinski definition) is 1. The number of rotatable bonds is 2. The Morgan fingerprint density at radius 3 is 2.75 bits per heavy atom. The molecule has 82 valence electrons. The van der Waals surface area contributed by atoms with E-state index < -0.39 is 5.97 Å². The van der Waals surface area contributed by atoms with Gasteiger partial charge >= 0.3 is 5.97 Å². The predicted molar refractivity (Wildman–Crippen MR) is 55.9 cm³/mol. The molecular formula is C10H10N4O2. The first-order valence-corrected chi connectivity index (χ1v) is 4.64. The molecule has 0 aliphatic carbocycles. The van der Waals surface area contributed by atoms with Crippen LogP contribution in [-0.2, 0) is 7.05 Å². The van der Waals surface area contributed by atoms with E-state index in [1.807, 2.05) is 0 Å². The van der Waals surface area contributed by atoms with Crippen LogP contribution in [0.2, 0.25) is 0 Å². The molecule has 1 N–H and O–H groups in total. The van der Waals surface area contributed by atoms with Crippen LogP contribution in [0.4, 0.5) is 0 Å². The normalized spacial score (nSPS) is 10.4. The molecule has 0 fully saturated rings. The molecule has 0 spiro atoms. The van der Waals surface area contributed by atoms with Gasteiger partial charge in [-0.3, -0.25) is 14.6 Å². The highest BCUT2D eigenvalue weighted by atomic mass is 16.4. The third-order valence-electron chi connectivity index (χ3n) is 2.36. The van der Waals surface area contributed by atoms with Crippen molar-refractivity contribution in [3.63, 3.8) is 0 Å². The van der Waals surface area contributed by atoms with E-state index in [0.717, 1.165) is 5.69 Å². The zero-order valence-corrected chi connectivity index (χ0v) is 8.88. The van der Waals surface area contributed by atoms with Crippen LogP contribution in [-0.4, -0.2) is 30.8 Å². The number of carboxylic acid groups (broad SMARTS) is 1. The van der Waals surface area contributed by atoms with E-state index in [2.05, 4.69) is 15.1 Å². The van der Waals surface area contributed by atoms with Crippen molar-refractivity contribution in [2.24, 2.45) is 7.05 Å². The Hall–Kier alpha value is -2.24. The standard InChI is InChI=1S/C10H10N4O2/c1-6-8(7-5-11-3-4-12-7)9(10(15)16)13-14(6)2/h3-5H,1-2H3,(H,15,16). The minimum absolute atomic E-state index is 0.000463. The highest BCUT2D eigenvalue weighted by molar-refractivity contribution is 5.94. The molecular weight excluding hydrogens is 208 g/mol. The lowest BCUT2D eigenvalue weighted by Crippen LogP contribution is -2.01. The van der Waals surface area contributed by atoms with Crippen LogP contribution in [0.3, 0.4) is 0 Å². The second-order valence-electron chi connectivity index (χ2n) is 3.33. The van der Waals surface area contributed by atoms with Gasteiger partial charge in [-0.2, -0.15) is 5.10 Å². The fourth-order valence-corrected chi connectivity index (χ4v) is 1.49. The molecule has 0 aliphatic rings. The molecule has 0 aliphatic heterocycles. The largest absolute Gasteiger partial charge is 0.476 e. The van der Waals surface area contributed by atoms with Crippen molar-refractivity contribution in [2.75, 3.05) is 0 Å². The molecule has 0 atom stereocenters. The van der Waals surface area contributed by atoms with Gasteiger partial charge in [0.1, 0.15) is 0 Å². The Kier molecular flexibility index (Phi) is 2.40. The summed E-state index contributed by atoms with van der Waals surface area (Å²) in [7, 11) is 1.70. The topological polar surface area (TPSA) is 80.9 Å². The van der Waals surface area contributed by atoms with Crippen molar-refractivity contribution in [1.29, 1.82) is 0 Å². The molecule has 6 heteroatoms. The van der Waals surface area contributed by atoms with Crippen LogP contribution in [0.25, 0.3) is 11.3 Å². The van der Waals surface area contributed by atoms with E-state index in [1.165, 1.54) is 23.3 Å². The quantitative estimate of drug-likeness (QED) is 0.809. The lowest BCUT2D eigenvalue weighted by molar-refractivity contribution is 0.0690. The lowest BCUT2D eigenvalue weighted by Gasteiger charge is -1.99. The third-order valence-corrected chi connectivity index (χ3v) is 2.36. The van der Waals surface area contributed by atoms with Gasteiger partial charge in [0.25, 0.3) is 0 Å². The first-order chi connectivity index (χ1) is 7.61. The summed E-state index contributed by atoms with van der Waals surface area (Å²) in [5, 5.41) is 13.0. The average molecular weight is 218 g/mol. The number of hydrogen-bond acceptors (Lipinski definition) is 4. The molecule has 2 heterocycles. The molecule has 0 aromatic carbocycles. The van der Waals surface area contributed by atoms with Crippen LogP contribution >= 0.6 is 0 Å². The van der Waals surface area contributed by atoms with Crippen molar-refractivity contribution in [1.82, 2.24) is 19.7 Å². The predicted octanol–water partition coefficient (Wildman–Crippen LogP) is 0.884. The fraction of sp³-hybridized carbons (Fsp3) is 0.200. The summed E-state index contributed by atoms with van der Waals surface area (Å²) in [4.78, 5) is 19.0. The zero-order valence-electron chi connectivity index (χ0n) is 8.88. The van der Waals surface area contributed by atoms with Crippen LogP contribution in [0.5, 0.6) is 0 Å². The van der Waals surface area contributed by atoms with Gasteiger partial charge in [-0.15, -0.1) is 0 Å². The summed E-state index contributed by atoms with van der Waals surface area (Å²) >= 11 is 0. The minimum Gasteiger partial charge on any atom is -0.476 e. The molecule has 0 bridgehead atoms. The second kappa shape index (κ2) is 3.73. The van der Waals surface area contributed by atoms with Crippen molar-refractivity contribution >= 4 is 5.97 Å². The van der Waals surface area contributed by atoms with Gasteiger partial charge in [-0.1, -0.05) is 0 Å². The van der Waals surface area contributed by atoms with Crippen molar-refractivity contribution in [3.8, 4) is 11.3 Å². The minimum atomic E-state index is -1.07. The number of aromatic nitrogens is 4. The number of nitrogens with zero attached hydrogens (tertiary/aromatic N) is 4. The lowest BCUT2D eigenvalue weighted by atomic mass is 10.1. The van der Waals surface area contributed by atoms with Gasteiger partial charge < -0.3 is 5.11 Å². The maximum absolute atomic E-state index is 11.0. The van der Waals surface area contributed by atoms with Crippen LogP contribution in [0.1, 0.15) is 16.2 Å². The van der Waals surface area contributed by atoms with Gasteiger partial charge in [0.15, 0.2) is 5.69 Å². The van der Waals surface area contributed by atoms with Gasteiger partial charge in [0.05, 0.1) is 17.5 Å². The van der Waals surface area contributed by atoms with Gasteiger partial charge in [0.2, 0.25) is 0 Å². The molecule has 2 aromatic heterocycles. The Bertz CT molecular complexity index is 533. The molecule has 0 saturated carbocycles. The number of carboxylic acids is 1. The Labute approximate surface area is 91.6 Å². The first-order valence-electron chi connectivity index (χ1n) is 4.64. The number of aryl methyl sites for hydroxylation is 1. The first kappa shape index (κ1) is 10.3. The molecule has 0 saturated heterocycles. The van der Waals surface area contributed by atoms with Gasteiger partial charge in [-0.05, 0) is 6.92 Å². The molecule has 0 radical (unpaired) electrons. The Morgan fingerprint density at radius 2 is 2.19 bits per heavy atom. The summed E-state index contributed by atoms with van der Waals surface area (Å²) in [5.41, 5.74) is 1.78. The molecule has 2 rings (SSSR count). The Balaban J connectivity index is 2.68. The fourth-order valence-electron chi connectivity index (χ4n) is 1.49. The van der Waals surface area contributed by atoms with E-state index in [1.54, 1.807) is 14.0 Å². The summed E-state index contributed by atoms with van der Waals surface area (Å²) < 4.78 is 1.52. The van der Waals surface area contributed by atoms with Crippen molar-refractivity contribution < 1.29 is 9.90 Å².